The third kappa shape index (κ3) is 7.35. The zero-order valence-corrected chi connectivity index (χ0v) is 18.3. The number of halogens is 1. The van der Waals surface area contributed by atoms with E-state index in [1.54, 1.807) is 6.20 Å². The van der Waals surface area contributed by atoms with E-state index in [4.69, 9.17) is 4.52 Å². The van der Waals surface area contributed by atoms with Crippen molar-refractivity contribution in [1.82, 2.24) is 25.3 Å². The fourth-order valence-corrected chi connectivity index (χ4v) is 2.69. The number of nitrogens with one attached hydrogen (secondary N) is 2. The minimum atomic E-state index is 0. The van der Waals surface area contributed by atoms with E-state index in [1.165, 1.54) is 0 Å². The monoisotopic (exact) mass is 474 g/mol. The summed E-state index contributed by atoms with van der Waals surface area (Å²) in [5.41, 5.74) is 1.04. The van der Waals surface area contributed by atoms with Gasteiger partial charge in [0.2, 0.25) is 0 Å². The Morgan fingerprint density at radius 3 is 2.73 bits per heavy atom. The smallest absolute Gasteiger partial charge is 0.191 e. The fourth-order valence-electron chi connectivity index (χ4n) is 2.69. The van der Waals surface area contributed by atoms with Crippen molar-refractivity contribution in [3.8, 4) is 0 Å². The molecule has 7 nitrogen and oxygen atoms in total. The van der Waals surface area contributed by atoms with Crippen LogP contribution in [-0.2, 0) is 13.1 Å². The lowest BCUT2D eigenvalue weighted by Crippen LogP contribution is -2.38. The van der Waals surface area contributed by atoms with E-state index >= 15 is 0 Å². The van der Waals surface area contributed by atoms with Crippen LogP contribution < -0.4 is 10.6 Å². The lowest BCUT2D eigenvalue weighted by Gasteiger charge is -2.11. The Bertz CT molecular complexity index is 621. The van der Waals surface area contributed by atoms with E-state index in [1.807, 2.05) is 18.6 Å². The van der Waals surface area contributed by atoms with Crippen LogP contribution in [0.2, 0.25) is 0 Å². The molecule has 146 valence electrons. The quantitative estimate of drug-likeness (QED) is 0.238. The second kappa shape index (κ2) is 12.7. The van der Waals surface area contributed by atoms with Crippen molar-refractivity contribution < 1.29 is 4.52 Å². The molecule has 0 aromatic carbocycles. The van der Waals surface area contributed by atoms with Crippen molar-refractivity contribution in [2.75, 3.05) is 13.1 Å². The summed E-state index contributed by atoms with van der Waals surface area (Å²) in [7, 11) is 0. The molecule has 0 saturated carbocycles. The average Bonchev–Trinajstić information content (AvgIpc) is 3.29. The summed E-state index contributed by atoms with van der Waals surface area (Å²) >= 11 is 0. The van der Waals surface area contributed by atoms with Gasteiger partial charge in [-0.05, 0) is 26.2 Å². The van der Waals surface area contributed by atoms with Crippen molar-refractivity contribution in [3.63, 3.8) is 0 Å². The molecule has 0 radical (unpaired) electrons. The molecule has 0 aliphatic heterocycles. The second-order valence-electron chi connectivity index (χ2n) is 6.01. The summed E-state index contributed by atoms with van der Waals surface area (Å²) in [4.78, 5) is 8.63. The maximum Gasteiger partial charge on any atom is 0.191 e. The van der Waals surface area contributed by atoms with Crippen molar-refractivity contribution >= 4 is 29.9 Å². The van der Waals surface area contributed by atoms with E-state index < -0.39 is 0 Å². The maximum atomic E-state index is 5.43. The highest BCUT2D eigenvalue weighted by molar-refractivity contribution is 14.0. The standard InChI is InChI=1S/C18H30N6O.HI/c1-4-15(5-2)17-12-16(25-23-17)13-22-18(20-6-3)21-8-7-10-24-11-9-19-14-24;/h9,11-12,14-15H,4-8,10,13H2,1-3H3,(H2,20,21,22);1H. The average molecular weight is 474 g/mol. The Balaban J connectivity index is 0.00000338. The molecule has 2 heterocycles. The molecule has 0 saturated heterocycles. The lowest BCUT2D eigenvalue weighted by molar-refractivity contribution is 0.372. The molecule has 2 aromatic heterocycles. The SMILES string of the molecule is CCNC(=NCc1cc(C(CC)CC)no1)NCCCn1ccnc1.I. The van der Waals surface area contributed by atoms with Crippen molar-refractivity contribution in [2.24, 2.45) is 4.99 Å². The number of rotatable bonds is 10. The summed E-state index contributed by atoms with van der Waals surface area (Å²) in [6.45, 7) is 9.51. The molecule has 0 fully saturated rings. The molecular formula is C18H31IN6O. The molecule has 0 aliphatic carbocycles. The number of aryl methyl sites for hydroxylation is 1. The van der Waals surface area contributed by atoms with Gasteiger partial charge in [-0.3, -0.25) is 0 Å². The molecule has 0 atom stereocenters. The van der Waals surface area contributed by atoms with Crippen LogP contribution in [0.15, 0.2) is 34.3 Å². The van der Waals surface area contributed by atoms with E-state index in [0.717, 1.165) is 56.3 Å². The van der Waals surface area contributed by atoms with Gasteiger partial charge in [0, 0.05) is 44.0 Å². The highest BCUT2D eigenvalue weighted by Crippen LogP contribution is 2.22. The van der Waals surface area contributed by atoms with Gasteiger partial charge in [0.1, 0.15) is 6.54 Å². The molecule has 0 amide bonds. The molecule has 0 bridgehead atoms. The van der Waals surface area contributed by atoms with Gasteiger partial charge in [0.05, 0.1) is 12.0 Å². The molecule has 0 spiro atoms. The predicted molar refractivity (Wildman–Crippen MR) is 115 cm³/mol. The fraction of sp³-hybridized carbons (Fsp3) is 0.611. The first-order valence-electron chi connectivity index (χ1n) is 9.20. The minimum Gasteiger partial charge on any atom is -0.359 e. The second-order valence-corrected chi connectivity index (χ2v) is 6.01. The molecule has 8 heteroatoms. The number of nitrogens with zero attached hydrogens (tertiary/aromatic N) is 4. The van der Waals surface area contributed by atoms with Gasteiger partial charge in [0.25, 0.3) is 0 Å². The first-order chi connectivity index (χ1) is 12.3. The van der Waals surface area contributed by atoms with Crippen LogP contribution in [0.25, 0.3) is 0 Å². The van der Waals surface area contributed by atoms with Crippen molar-refractivity contribution in [1.29, 1.82) is 0 Å². The van der Waals surface area contributed by atoms with Gasteiger partial charge in [-0.2, -0.15) is 0 Å². The van der Waals surface area contributed by atoms with Gasteiger partial charge < -0.3 is 19.7 Å². The Morgan fingerprint density at radius 2 is 2.08 bits per heavy atom. The van der Waals surface area contributed by atoms with Gasteiger partial charge >= 0.3 is 0 Å². The Morgan fingerprint density at radius 1 is 1.27 bits per heavy atom. The molecule has 2 rings (SSSR count). The molecule has 2 aromatic rings. The zero-order chi connectivity index (χ0) is 17.9. The minimum absolute atomic E-state index is 0. The normalized spacial score (nSPS) is 11.5. The maximum absolute atomic E-state index is 5.43. The largest absolute Gasteiger partial charge is 0.359 e. The van der Waals surface area contributed by atoms with Crippen LogP contribution in [-0.4, -0.2) is 33.8 Å². The Labute approximate surface area is 173 Å². The van der Waals surface area contributed by atoms with Crippen molar-refractivity contribution in [2.45, 2.75) is 59.0 Å². The summed E-state index contributed by atoms with van der Waals surface area (Å²) < 4.78 is 7.50. The first kappa shape index (κ1) is 22.5. The summed E-state index contributed by atoms with van der Waals surface area (Å²) in [6, 6.07) is 2.03. The highest BCUT2D eigenvalue weighted by atomic mass is 127. The Kier molecular flexibility index (Phi) is 11.0. The van der Waals surface area contributed by atoms with E-state index in [2.05, 4.69) is 51.1 Å². The van der Waals surface area contributed by atoms with Gasteiger partial charge in [-0.1, -0.05) is 19.0 Å². The third-order valence-corrected chi connectivity index (χ3v) is 4.16. The number of aliphatic imine (C=N–C) groups is 1. The van der Waals surface area contributed by atoms with E-state index in [0.29, 0.717) is 12.5 Å². The molecular weight excluding hydrogens is 443 g/mol. The number of hydrogen-bond donors (Lipinski definition) is 2. The Hall–Kier alpha value is -1.58. The third-order valence-electron chi connectivity index (χ3n) is 4.16. The van der Waals surface area contributed by atoms with Gasteiger partial charge in [-0.15, -0.1) is 24.0 Å². The summed E-state index contributed by atoms with van der Waals surface area (Å²) in [6.07, 6.45) is 8.76. The molecule has 26 heavy (non-hydrogen) atoms. The van der Waals surface area contributed by atoms with Crippen LogP contribution in [0, 0.1) is 0 Å². The van der Waals surface area contributed by atoms with Crippen LogP contribution >= 0.6 is 24.0 Å². The summed E-state index contributed by atoms with van der Waals surface area (Å²) in [5, 5.41) is 10.8. The van der Waals surface area contributed by atoms with Crippen LogP contribution in [0.3, 0.4) is 0 Å². The number of hydrogen-bond acceptors (Lipinski definition) is 4. The van der Waals surface area contributed by atoms with Crippen LogP contribution in [0.1, 0.15) is 57.4 Å². The van der Waals surface area contributed by atoms with Crippen LogP contribution in [0.5, 0.6) is 0 Å². The van der Waals surface area contributed by atoms with Gasteiger partial charge in [-0.25, -0.2) is 9.98 Å². The highest BCUT2D eigenvalue weighted by Gasteiger charge is 2.12. The summed E-state index contributed by atoms with van der Waals surface area (Å²) in [5.74, 6) is 2.07. The predicted octanol–water partition coefficient (Wildman–Crippen LogP) is 3.54. The number of imidazole rings is 1. The van der Waals surface area contributed by atoms with Crippen LogP contribution in [0.4, 0.5) is 0 Å². The van der Waals surface area contributed by atoms with E-state index in [-0.39, 0.29) is 24.0 Å². The number of guanidine groups is 1. The lowest BCUT2D eigenvalue weighted by atomic mass is 9.99. The zero-order valence-electron chi connectivity index (χ0n) is 15.9. The van der Waals surface area contributed by atoms with Gasteiger partial charge in [0.15, 0.2) is 11.7 Å². The number of aromatic nitrogens is 3. The van der Waals surface area contributed by atoms with Crippen molar-refractivity contribution in [3.05, 3.63) is 36.2 Å². The first-order valence-corrected chi connectivity index (χ1v) is 9.20. The molecule has 2 N–H and O–H groups in total. The van der Waals surface area contributed by atoms with E-state index in [9.17, 15) is 0 Å². The molecule has 0 aliphatic rings. The molecule has 0 unspecified atom stereocenters. The topological polar surface area (TPSA) is 80.3 Å².